The summed E-state index contributed by atoms with van der Waals surface area (Å²) in [6.07, 6.45) is 4.44. The lowest BCUT2D eigenvalue weighted by molar-refractivity contribution is 0.247. The van der Waals surface area contributed by atoms with Crippen LogP contribution in [0.25, 0.3) is 0 Å². The van der Waals surface area contributed by atoms with Gasteiger partial charge in [0.25, 0.3) is 0 Å². The maximum absolute atomic E-state index is 13.6. The second-order valence-electron chi connectivity index (χ2n) is 3.45. The van der Waals surface area contributed by atoms with Gasteiger partial charge in [0.15, 0.2) is 0 Å². The number of anilines is 1. The summed E-state index contributed by atoms with van der Waals surface area (Å²) in [6, 6.07) is 5.87. The summed E-state index contributed by atoms with van der Waals surface area (Å²) in [6.45, 7) is 2.18. The van der Waals surface area contributed by atoms with Crippen LogP contribution < -0.4 is 4.90 Å². The molecule has 0 spiro atoms. The molecule has 0 unspecified atom stereocenters. The number of rotatable bonds is 2. The Hall–Kier alpha value is -2.17. The predicted molar refractivity (Wildman–Crippen MR) is 62.4 cm³/mol. The molecule has 0 aliphatic carbocycles. The van der Waals surface area contributed by atoms with Crippen LogP contribution in [-0.4, -0.2) is 22.1 Å². The molecule has 88 valence electrons. The molecule has 0 saturated carbocycles. The minimum absolute atomic E-state index is 0.272. The number of hydrogen-bond donors (Lipinski definition) is 0. The fourth-order valence-electron chi connectivity index (χ4n) is 1.59. The molecule has 1 aromatic heterocycles. The summed E-state index contributed by atoms with van der Waals surface area (Å²) in [4.78, 5) is 17.2. The molecule has 0 atom stereocenters. The van der Waals surface area contributed by atoms with Crippen molar-refractivity contribution in [1.29, 1.82) is 0 Å². The molecule has 0 aliphatic rings. The zero-order valence-electron chi connectivity index (χ0n) is 9.38. The summed E-state index contributed by atoms with van der Waals surface area (Å²) in [5, 5.41) is 0. The SMILES string of the molecule is CCN(C(=O)n1ccnc1)c1ccccc1F. The van der Waals surface area contributed by atoms with Crippen molar-refractivity contribution < 1.29 is 9.18 Å². The summed E-state index contributed by atoms with van der Waals surface area (Å²) in [7, 11) is 0. The molecule has 2 rings (SSSR count). The molecule has 5 heteroatoms. The number of carbonyl (C=O) groups is 1. The molecular formula is C12H12FN3O. The molecule has 4 nitrogen and oxygen atoms in total. The summed E-state index contributed by atoms with van der Waals surface area (Å²) >= 11 is 0. The Kier molecular flexibility index (Phi) is 3.18. The third-order valence-corrected chi connectivity index (χ3v) is 2.42. The zero-order valence-corrected chi connectivity index (χ0v) is 9.38. The largest absolute Gasteiger partial charge is 0.333 e. The Morgan fingerprint density at radius 1 is 1.47 bits per heavy atom. The van der Waals surface area contributed by atoms with Crippen molar-refractivity contribution >= 4 is 11.7 Å². The van der Waals surface area contributed by atoms with Gasteiger partial charge in [-0.05, 0) is 19.1 Å². The molecule has 1 amide bonds. The normalized spacial score (nSPS) is 10.2. The van der Waals surface area contributed by atoms with Gasteiger partial charge in [0.05, 0.1) is 5.69 Å². The van der Waals surface area contributed by atoms with Crippen LogP contribution >= 0.6 is 0 Å². The van der Waals surface area contributed by atoms with Gasteiger partial charge in [-0.1, -0.05) is 12.1 Å². The Balaban J connectivity index is 2.35. The second-order valence-corrected chi connectivity index (χ2v) is 3.45. The average molecular weight is 233 g/mol. The maximum atomic E-state index is 13.6. The Labute approximate surface area is 98.3 Å². The molecule has 1 heterocycles. The quantitative estimate of drug-likeness (QED) is 0.799. The zero-order chi connectivity index (χ0) is 12.3. The highest BCUT2D eigenvalue weighted by Gasteiger charge is 2.18. The Bertz CT molecular complexity index is 510. The molecule has 17 heavy (non-hydrogen) atoms. The first-order valence-corrected chi connectivity index (χ1v) is 5.28. The van der Waals surface area contributed by atoms with E-state index in [1.54, 1.807) is 25.1 Å². The minimum Gasteiger partial charge on any atom is -0.291 e. The van der Waals surface area contributed by atoms with E-state index in [1.165, 1.54) is 34.3 Å². The van der Waals surface area contributed by atoms with Crippen molar-refractivity contribution in [2.45, 2.75) is 6.92 Å². The molecule has 1 aromatic carbocycles. The van der Waals surface area contributed by atoms with E-state index in [1.807, 2.05) is 0 Å². The van der Waals surface area contributed by atoms with E-state index >= 15 is 0 Å². The van der Waals surface area contributed by atoms with Gasteiger partial charge in [-0.3, -0.25) is 9.47 Å². The van der Waals surface area contributed by atoms with Crippen LogP contribution in [-0.2, 0) is 0 Å². The van der Waals surface area contributed by atoms with Crippen LogP contribution in [0.1, 0.15) is 6.92 Å². The van der Waals surface area contributed by atoms with Crippen molar-refractivity contribution in [3.8, 4) is 0 Å². The molecular weight excluding hydrogens is 221 g/mol. The van der Waals surface area contributed by atoms with Gasteiger partial charge in [-0.25, -0.2) is 14.2 Å². The molecule has 0 N–H and O–H groups in total. The number of carbonyl (C=O) groups excluding carboxylic acids is 1. The van der Waals surface area contributed by atoms with Gasteiger partial charge in [-0.15, -0.1) is 0 Å². The summed E-state index contributed by atoms with van der Waals surface area (Å²) < 4.78 is 14.9. The highest BCUT2D eigenvalue weighted by Crippen LogP contribution is 2.19. The number of nitrogens with zero attached hydrogens (tertiary/aromatic N) is 3. The predicted octanol–water partition coefficient (Wildman–Crippen LogP) is 2.52. The Morgan fingerprint density at radius 3 is 2.82 bits per heavy atom. The van der Waals surface area contributed by atoms with E-state index in [2.05, 4.69) is 4.98 Å². The standard InChI is InChI=1S/C12H12FN3O/c1-2-16(11-6-4-3-5-10(11)13)12(17)15-8-7-14-9-15/h3-9H,2H2,1H3. The lowest BCUT2D eigenvalue weighted by Gasteiger charge is -2.21. The molecule has 0 fully saturated rings. The van der Waals surface area contributed by atoms with Gasteiger partial charge in [0.2, 0.25) is 0 Å². The van der Waals surface area contributed by atoms with Crippen LogP contribution in [0.2, 0.25) is 0 Å². The first-order chi connectivity index (χ1) is 8.24. The number of aromatic nitrogens is 2. The van der Waals surface area contributed by atoms with E-state index in [0.29, 0.717) is 6.54 Å². The van der Waals surface area contributed by atoms with Gasteiger partial charge < -0.3 is 0 Å². The smallest absolute Gasteiger partial charge is 0.291 e. The maximum Gasteiger partial charge on any atom is 0.333 e. The van der Waals surface area contributed by atoms with Crippen molar-refractivity contribution in [2.75, 3.05) is 11.4 Å². The van der Waals surface area contributed by atoms with Crippen molar-refractivity contribution in [2.24, 2.45) is 0 Å². The molecule has 0 radical (unpaired) electrons. The Morgan fingerprint density at radius 2 is 2.24 bits per heavy atom. The highest BCUT2D eigenvalue weighted by atomic mass is 19.1. The van der Waals surface area contributed by atoms with Crippen LogP contribution in [0.4, 0.5) is 14.9 Å². The first-order valence-electron chi connectivity index (χ1n) is 5.28. The highest BCUT2D eigenvalue weighted by molar-refractivity contribution is 5.93. The van der Waals surface area contributed by atoms with Gasteiger partial charge in [0.1, 0.15) is 12.1 Å². The fourth-order valence-corrected chi connectivity index (χ4v) is 1.59. The van der Waals surface area contributed by atoms with Gasteiger partial charge >= 0.3 is 6.03 Å². The molecule has 0 saturated heterocycles. The summed E-state index contributed by atoms with van der Waals surface area (Å²) in [5.41, 5.74) is 0.272. The first kappa shape index (κ1) is 11.3. The van der Waals surface area contributed by atoms with Crippen LogP contribution in [0, 0.1) is 5.82 Å². The van der Waals surface area contributed by atoms with Crippen LogP contribution in [0.15, 0.2) is 43.0 Å². The number of para-hydroxylation sites is 1. The van der Waals surface area contributed by atoms with E-state index < -0.39 is 5.82 Å². The lowest BCUT2D eigenvalue weighted by atomic mass is 10.3. The van der Waals surface area contributed by atoms with E-state index in [9.17, 15) is 9.18 Å². The minimum atomic E-state index is -0.414. The topological polar surface area (TPSA) is 38.1 Å². The van der Waals surface area contributed by atoms with Gasteiger partial charge in [0, 0.05) is 18.9 Å². The van der Waals surface area contributed by atoms with E-state index in [-0.39, 0.29) is 11.7 Å². The molecule has 0 bridgehead atoms. The monoisotopic (exact) mass is 233 g/mol. The third kappa shape index (κ3) is 2.18. The van der Waals surface area contributed by atoms with E-state index in [0.717, 1.165) is 0 Å². The number of amides is 1. The van der Waals surface area contributed by atoms with Crippen molar-refractivity contribution in [1.82, 2.24) is 9.55 Å². The van der Waals surface area contributed by atoms with E-state index in [4.69, 9.17) is 0 Å². The molecule has 0 aliphatic heterocycles. The number of benzene rings is 1. The number of hydrogen-bond acceptors (Lipinski definition) is 2. The fraction of sp³-hybridized carbons (Fsp3) is 0.167. The average Bonchev–Trinajstić information content (AvgIpc) is 2.86. The lowest BCUT2D eigenvalue weighted by Crippen LogP contribution is -2.34. The summed E-state index contributed by atoms with van der Waals surface area (Å²) in [5.74, 6) is -0.414. The van der Waals surface area contributed by atoms with Crippen LogP contribution in [0.3, 0.4) is 0 Å². The third-order valence-electron chi connectivity index (χ3n) is 2.42. The van der Waals surface area contributed by atoms with Gasteiger partial charge in [-0.2, -0.15) is 0 Å². The van der Waals surface area contributed by atoms with Crippen molar-refractivity contribution in [3.63, 3.8) is 0 Å². The number of imidazole rings is 1. The second kappa shape index (κ2) is 4.78. The molecule has 2 aromatic rings. The van der Waals surface area contributed by atoms with Crippen LogP contribution in [0.5, 0.6) is 0 Å². The van der Waals surface area contributed by atoms with Crippen molar-refractivity contribution in [3.05, 3.63) is 48.8 Å². The number of halogens is 1.